The van der Waals surface area contributed by atoms with Crippen LogP contribution in [0.2, 0.25) is 0 Å². The summed E-state index contributed by atoms with van der Waals surface area (Å²) in [6.07, 6.45) is 4.74. The predicted octanol–water partition coefficient (Wildman–Crippen LogP) is 2.59. The highest BCUT2D eigenvalue weighted by molar-refractivity contribution is 5.96. The van der Waals surface area contributed by atoms with Gasteiger partial charge >= 0.3 is 0 Å². The van der Waals surface area contributed by atoms with Gasteiger partial charge in [0, 0.05) is 5.56 Å². The summed E-state index contributed by atoms with van der Waals surface area (Å²) in [6.45, 7) is 1.78. The Morgan fingerprint density at radius 2 is 1.87 bits per heavy atom. The molecule has 0 atom stereocenters. The highest BCUT2D eigenvalue weighted by Gasteiger charge is 2.02. The Bertz CT molecular complexity index is 301. The zero-order chi connectivity index (χ0) is 11.1. The Morgan fingerprint density at radius 1 is 1.20 bits per heavy atom. The van der Waals surface area contributed by atoms with Crippen molar-refractivity contribution in [3.8, 4) is 0 Å². The number of aliphatic hydroxyl groups excluding tert-OH is 1. The average molecular weight is 206 g/mol. The number of hydrogen-bond acceptors (Lipinski definition) is 2. The van der Waals surface area contributed by atoms with Gasteiger partial charge < -0.3 is 5.11 Å². The van der Waals surface area contributed by atoms with E-state index in [-0.39, 0.29) is 5.78 Å². The van der Waals surface area contributed by atoms with Crippen LogP contribution in [-0.2, 0) is 6.42 Å². The normalized spacial score (nSPS) is 10.3. The van der Waals surface area contributed by atoms with E-state index < -0.39 is 6.61 Å². The molecule has 0 spiro atoms. The quantitative estimate of drug-likeness (QED) is 0.574. The van der Waals surface area contributed by atoms with Gasteiger partial charge in [-0.15, -0.1) is 0 Å². The molecule has 0 aromatic heterocycles. The highest BCUT2D eigenvalue weighted by Crippen LogP contribution is 2.09. The van der Waals surface area contributed by atoms with E-state index in [0.717, 1.165) is 6.42 Å². The summed E-state index contributed by atoms with van der Waals surface area (Å²) < 4.78 is 0. The molecular weight excluding hydrogens is 188 g/mol. The minimum Gasteiger partial charge on any atom is -0.388 e. The van der Waals surface area contributed by atoms with Crippen molar-refractivity contribution >= 4 is 5.78 Å². The molecule has 0 saturated heterocycles. The van der Waals surface area contributed by atoms with E-state index in [2.05, 4.69) is 6.92 Å². The third-order valence-corrected chi connectivity index (χ3v) is 2.49. The lowest BCUT2D eigenvalue weighted by molar-refractivity contribution is 0.0904. The lowest BCUT2D eigenvalue weighted by Gasteiger charge is -2.02. The molecule has 2 heteroatoms. The second-order valence-electron chi connectivity index (χ2n) is 3.74. The van der Waals surface area contributed by atoms with Gasteiger partial charge in [-0.05, 0) is 18.4 Å². The van der Waals surface area contributed by atoms with Crippen molar-refractivity contribution in [3.63, 3.8) is 0 Å². The molecule has 15 heavy (non-hydrogen) atoms. The summed E-state index contributed by atoms with van der Waals surface area (Å²) in [5.41, 5.74) is 1.86. The van der Waals surface area contributed by atoms with E-state index in [9.17, 15) is 4.79 Å². The van der Waals surface area contributed by atoms with E-state index in [0.29, 0.717) is 5.56 Å². The smallest absolute Gasteiger partial charge is 0.188 e. The first kappa shape index (κ1) is 11.9. The van der Waals surface area contributed by atoms with E-state index in [4.69, 9.17) is 5.11 Å². The second-order valence-corrected chi connectivity index (χ2v) is 3.74. The van der Waals surface area contributed by atoms with Gasteiger partial charge in [0.25, 0.3) is 0 Å². The Balaban J connectivity index is 2.52. The molecule has 0 aliphatic rings. The summed E-state index contributed by atoms with van der Waals surface area (Å²) in [6, 6.07) is 7.52. The number of ketones is 1. The van der Waals surface area contributed by atoms with Gasteiger partial charge in [-0.2, -0.15) is 0 Å². The van der Waals surface area contributed by atoms with Crippen LogP contribution in [0.3, 0.4) is 0 Å². The Kier molecular flexibility index (Phi) is 5.05. The monoisotopic (exact) mass is 206 g/mol. The van der Waals surface area contributed by atoms with Gasteiger partial charge in [0.2, 0.25) is 0 Å². The molecule has 0 bridgehead atoms. The average Bonchev–Trinajstić information content (AvgIpc) is 2.29. The first-order valence-corrected chi connectivity index (χ1v) is 5.51. The van der Waals surface area contributed by atoms with Crippen molar-refractivity contribution in [2.24, 2.45) is 0 Å². The van der Waals surface area contributed by atoms with E-state index >= 15 is 0 Å². The first-order chi connectivity index (χ1) is 7.27. The maximum Gasteiger partial charge on any atom is 0.188 e. The molecule has 2 nitrogen and oxygen atoms in total. The van der Waals surface area contributed by atoms with E-state index in [1.54, 1.807) is 12.1 Å². The maximum atomic E-state index is 11.1. The third kappa shape index (κ3) is 3.84. The third-order valence-electron chi connectivity index (χ3n) is 2.49. The molecule has 1 rings (SSSR count). The molecule has 0 aliphatic carbocycles. The van der Waals surface area contributed by atoms with Gasteiger partial charge in [0.1, 0.15) is 6.61 Å². The van der Waals surface area contributed by atoms with Crippen molar-refractivity contribution < 1.29 is 9.90 Å². The number of aliphatic hydroxyl groups is 1. The highest BCUT2D eigenvalue weighted by atomic mass is 16.3. The maximum absolute atomic E-state index is 11.1. The van der Waals surface area contributed by atoms with Crippen LogP contribution in [0.4, 0.5) is 0 Å². The molecule has 0 radical (unpaired) electrons. The molecule has 0 aliphatic heterocycles. The SMILES string of the molecule is CCCCCc1ccc(C(=O)CO)cc1. The van der Waals surface area contributed by atoms with E-state index in [1.165, 1.54) is 24.8 Å². The fourth-order valence-corrected chi connectivity index (χ4v) is 1.53. The number of carbonyl (C=O) groups is 1. The van der Waals surface area contributed by atoms with Crippen LogP contribution in [0, 0.1) is 0 Å². The summed E-state index contributed by atoms with van der Waals surface area (Å²) in [5.74, 6) is -0.213. The molecule has 0 unspecified atom stereocenters. The van der Waals surface area contributed by atoms with Crippen molar-refractivity contribution in [1.29, 1.82) is 0 Å². The molecule has 0 amide bonds. The Morgan fingerprint density at radius 3 is 2.40 bits per heavy atom. The van der Waals surface area contributed by atoms with Gasteiger partial charge in [0.05, 0.1) is 0 Å². The van der Waals surface area contributed by atoms with Crippen LogP contribution >= 0.6 is 0 Å². The fourth-order valence-electron chi connectivity index (χ4n) is 1.53. The Labute approximate surface area is 90.9 Å². The van der Waals surface area contributed by atoms with Crippen LogP contribution in [0.1, 0.15) is 42.1 Å². The zero-order valence-electron chi connectivity index (χ0n) is 9.20. The summed E-state index contributed by atoms with van der Waals surface area (Å²) in [7, 11) is 0. The van der Waals surface area contributed by atoms with Crippen molar-refractivity contribution in [2.45, 2.75) is 32.6 Å². The van der Waals surface area contributed by atoms with Gasteiger partial charge in [-0.1, -0.05) is 44.0 Å². The molecule has 1 N–H and O–H groups in total. The van der Waals surface area contributed by atoms with Gasteiger partial charge in [-0.3, -0.25) is 4.79 Å². The van der Waals surface area contributed by atoms with E-state index in [1.807, 2.05) is 12.1 Å². The molecular formula is C13H18O2. The summed E-state index contributed by atoms with van der Waals surface area (Å²) in [5, 5.41) is 8.68. The molecule has 1 aromatic carbocycles. The second kappa shape index (κ2) is 6.36. The molecule has 0 saturated carbocycles. The summed E-state index contributed by atoms with van der Waals surface area (Å²) >= 11 is 0. The fraction of sp³-hybridized carbons (Fsp3) is 0.462. The lowest BCUT2D eigenvalue weighted by atomic mass is 10.0. The predicted molar refractivity (Wildman–Crippen MR) is 61.1 cm³/mol. The number of aryl methyl sites for hydroxylation is 1. The minimum absolute atomic E-state index is 0.213. The lowest BCUT2D eigenvalue weighted by Crippen LogP contribution is -2.03. The molecule has 0 fully saturated rings. The number of Topliss-reactive ketones (excluding diaryl/α,β-unsaturated/α-hetero) is 1. The molecule has 82 valence electrons. The van der Waals surface area contributed by atoms with Crippen molar-refractivity contribution in [2.75, 3.05) is 6.61 Å². The number of unbranched alkanes of at least 4 members (excludes halogenated alkanes) is 2. The number of carbonyl (C=O) groups excluding carboxylic acids is 1. The van der Waals surface area contributed by atoms with Gasteiger partial charge in [-0.25, -0.2) is 0 Å². The van der Waals surface area contributed by atoms with Crippen LogP contribution in [0.5, 0.6) is 0 Å². The summed E-state index contributed by atoms with van der Waals surface area (Å²) in [4.78, 5) is 11.1. The van der Waals surface area contributed by atoms with Crippen LogP contribution in [0.15, 0.2) is 24.3 Å². The van der Waals surface area contributed by atoms with Crippen molar-refractivity contribution in [3.05, 3.63) is 35.4 Å². The molecule has 1 aromatic rings. The minimum atomic E-state index is -0.408. The number of rotatable bonds is 6. The van der Waals surface area contributed by atoms with Crippen LogP contribution in [-0.4, -0.2) is 17.5 Å². The topological polar surface area (TPSA) is 37.3 Å². The standard InChI is InChI=1S/C13H18O2/c1-2-3-4-5-11-6-8-12(9-7-11)13(15)10-14/h6-9,14H,2-5,10H2,1H3. The van der Waals surface area contributed by atoms with Crippen LogP contribution < -0.4 is 0 Å². The van der Waals surface area contributed by atoms with Gasteiger partial charge in [0.15, 0.2) is 5.78 Å². The Hall–Kier alpha value is -1.15. The van der Waals surface area contributed by atoms with Crippen molar-refractivity contribution in [1.82, 2.24) is 0 Å². The number of benzene rings is 1. The molecule has 0 heterocycles. The first-order valence-electron chi connectivity index (χ1n) is 5.51. The number of hydrogen-bond donors (Lipinski definition) is 1. The largest absolute Gasteiger partial charge is 0.388 e. The van der Waals surface area contributed by atoms with Crippen LogP contribution in [0.25, 0.3) is 0 Å². The zero-order valence-corrected chi connectivity index (χ0v) is 9.20.